The third kappa shape index (κ3) is 5.42. The van der Waals surface area contributed by atoms with Gasteiger partial charge in [0.1, 0.15) is 0 Å². The van der Waals surface area contributed by atoms with Crippen LogP contribution in [0.3, 0.4) is 0 Å². The lowest BCUT2D eigenvalue weighted by Crippen LogP contribution is -2.22. The molecule has 1 atom stereocenters. The predicted molar refractivity (Wildman–Crippen MR) is 133 cm³/mol. The lowest BCUT2D eigenvalue weighted by molar-refractivity contribution is -0.119. The molecule has 0 radical (unpaired) electrons. The summed E-state index contributed by atoms with van der Waals surface area (Å²) in [4.78, 5) is 26.1. The summed E-state index contributed by atoms with van der Waals surface area (Å²) in [5, 5.41) is 3.01. The Morgan fingerprint density at radius 3 is 2.32 bits per heavy atom. The van der Waals surface area contributed by atoms with Gasteiger partial charge in [-0.2, -0.15) is 0 Å². The molecule has 1 amide bonds. The Balaban J connectivity index is 2.22. The Morgan fingerprint density at radius 2 is 1.71 bits per heavy atom. The van der Waals surface area contributed by atoms with E-state index in [4.69, 9.17) is 14.2 Å². The smallest absolute Gasteiger partial charge is 0.357 e. The summed E-state index contributed by atoms with van der Waals surface area (Å²) in [5.74, 6) is 0.265. The fraction of sp³-hybridized carbons (Fsp3) is 0.333. The fourth-order valence-corrected chi connectivity index (χ4v) is 3.66. The number of carbonyl (C=O) groups is 2. The molecule has 0 saturated heterocycles. The molecule has 0 fully saturated rings. The molecule has 7 heteroatoms. The number of methoxy groups -OCH3 is 2. The van der Waals surface area contributed by atoms with E-state index in [0.29, 0.717) is 41.4 Å². The van der Waals surface area contributed by atoms with E-state index in [1.807, 2.05) is 67.1 Å². The van der Waals surface area contributed by atoms with Crippen molar-refractivity contribution in [3.8, 4) is 22.6 Å². The van der Waals surface area contributed by atoms with Gasteiger partial charge in [-0.25, -0.2) is 4.79 Å². The molecule has 34 heavy (non-hydrogen) atoms. The van der Waals surface area contributed by atoms with Crippen molar-refractivity contribution in [1.29, 1.82) is 0 Å². The minimum atomic E-state index is -0.496. The zero-order chi connectivity index (χ0) is 24.7. The van der Waals surface area contributed by atoms with Crippen molar-refractivity contribution in [3.63, 3.8) is 0 Å². The molecule has 0 aliphatic heterocycles. The van der Waals surface area contributed by atoms with Crippen LogP contribution in [0.1, 0.15) is 43.2 Å². The summed E-state index contributed by atoms with van der Waals surface area (Å²) in [6.07, 6.45) is 2.55. The average molecular weight is 465 g/mol. The second-order valence-corrected chi connectivity index (χ2v) is 7.97. The van der Waals surface area contributed by atoms with Crippen molar-refractivity contribution >= 4 is 17.6 Å². The van der Waals surface area contributed by atoms with Crippen LogP contribution in [0.2, 0.25) is 0 Å². The number of hydrogen-bond acceptors (Lipinski definition) is 5. The van der Waals surface area contributed by atoms with Gasteiger partial charge in [0.15, 0.2) is 17.2 Å². The third-order valence-electron chi connectivity index (χ3n) is 5.75. The van der Waals surface area contributed by atoms with E-state index in [1.165, 1.54) is 0 Å². The molecule has 0 aliphatic rings. The van der Waals surface area contributed by atoms with Crippen LogP contribution in [-0.2, 0) is 16.1 Å². The van der Waals surface area contributed by atoms with Gasteiger partial charge in [-0.15, -0.1) is 0 Å². The van der Waals surface area contributed by atoms with Crippen molar-refractivity contribution in [3.05, 3.63) is 66.0 Å². The quantitative estimate of drug-likeness (QED) is 0.408. The number of nitrogens with one attached hydrogen (secondary N) is 1. The highest BCUT2D eigenvalue weighted by atomic mass is 16.5. The second-order valence-electron chi connectivity index (χ2n) is 7.97. The number of esters is 1. The minimum Gasteiger partial charge on any atom is -0.493 e. The van der Waals surface area contributed by atoms with Crippen LogP contribution >= 0.6 is 0 Å². The van der Waals surface area contributed by atoms with E-state index in [-0.39, 0.29) is 18.4 Å². The lowest BCUT2D eigenvalue weighted by Gasteiger charge is -2.15. The predicted octanol–water partition coefficient (Wildman–Crippen LogP) is 5.38. The molecule has 0 saturated carbocycles. The van der Waals surface area contributed by atoms with Gasteiger partial charge in [-0.05, 0) is 36.6 Å². The Hall–Kier alpha value is -3.74. The second kappa shape index (κ2) is 11.4. The number of nitrogens with zero attached hydrogens (tertiary/aromatic N) is 1. The Labute approximate surface area is 200 Å². The van der Waals surface area contributed by atoms with Gasteiger partial charge < -0.3 is 24.1 Å². The molecular weight excluding hydrogens is 432 g/mol. The third-order valence-corrected chi connectivity index (χ3v) is 5.75. The van der Waals surface area contributed by atoms with Crippen molar-refractivity contribution < 1.29 is 23.8 Å². The highest BCUT2D eigenvalue weighted by Crippen LogP contribution is 2.39. The largest absolute Gasteiger partial charge is 0.493 e. The van der Waals surface area contributed by atoms with Gasteiger partial charge in [0, 0.05) is 24.2 Å². The first kappa shape index (κ1) is 24.9. The topological polar surface area (TPSA) is 78.8 Å². The first-order chi connectivity index (χ1) is 16.4. The Morgan fingerprint density at radius 1 is 1.00 bits per heavy atom. The summed E-state index contributed by atoms with van der Waals surface area (Å²) in [7, 11) is 3.14. The Bertz CT molecular complexity index is 1140. The van der Waals surface area contributed by atoms with E-state index in [9.17, 15) is 9.59 Å². The number of amides is 1. The number of hydrogen-bond donors (Lipinski definition) is 1. The standard InChI is InChI=1S/C27H32N2O5/c1-6-18(3)26(30)28-24-21(20-13-14-22(32-4)23(15-20)33-5)17-29(25(24)27(31)34-7-2)16-19-11-9-8-10-12-19/h8-15,17-18H,6-7,16H2,1-5H3,(H,28,30)/t18-/m0/s1. The summed E-state index contributed by atoms with van der Waals surface area (Å²) in [6.45, 7) is 6.23. The number of ether oxygens (including phenoxy) is 3. The average Bonchev–Trinajstić information content (AvgIpc) is 3.21. The fourth-order valence-electron chi connectivity index (χ4n) is 3.66. The van der Waals surface area contributed by atoms with Crippen molar-refractivity contribution in [1.82, 2.24) is 4.57 Å². The number of aromatic nitrogens is 1. The van der Waals surface area contributed by atoms with Crippen molar-refractivity contribution in [2.75, 3.05) is 26.1 Å². The molecule has 3 aromatic rings. The van der Waals surface area contributed by atoms with E-state index in [2.05, 4.69) is 5.32 Å². The lowest BCUT2D eigenvalue weighted by atomic mass is 10.0. The normalized spacial score (nSPS) is 11.6. The molecule has 1 aromatic heterocycles. The van der Waals surface area contributed by atoms with E-state index < -0.39 is 5.97 Å². The zero-order valence-corrected chi connectivity index (χ0v) is 20.4. The molecule has 180 valence electrons. The first-order valence-corrected chi connectivity index (χ1v) is 11.4. The molecule has 2 aromatic carbocycles. The summed E-state index contributed by atoms with van der Waals surface area (Å²) >= 11 is 0. The number of benzene rings is 2. The molecule has 0 aliphatic carbocycles. The van der Waals surface area contributed by atoms with Crippen LogP contribution in [0.5, 0.6) is 11.5 Å². The molecule has 0 bridgehead atoms. The SMILES string of the molecule is CCOC(=O)c1c(NC(=O)[C@@H](C)CC)c(-c2ccc(OC)c(OC)c2)cn1Cc1ccccc1. The first-order valence-electron chi connectivity index (χ1n) is 11.4. The van der Waals surface area contributed by atoms with E-state index in [0.717, 1.165) is 11.1 Å². The molecule has 0 unspecified atom stereocenters. The van der Waals surface area contributed by atoms with Crippen LogP contribution in [-0.4, -0.2) is 37.3 Å². The van der Waals surface area contributed by atoms with Gasteiger partial charge in [0.25, 0.3) is 0 Å². The van der Waals surface area contributed by atoms with Gasteiger partial charge in [-0.3, -0.25) is 4.79 Å². The number of carbonyl (C=O) groups excluding carboxylic acids is 2. The van der Waals surface area contributed by atoms with Crippen molar-refractivity contribution in [2.24, 2.45) is 5.92 Å². The molecular formula is C27H32N2O5. The maximum Gasteiger partial charge on any atom is 0.357 e. The molecule has 7 nitrogen and oxygen atoms in total. The number of anilines is 1. The summed E-state index contributed by atoms with van der Waals surface area (Å²) in [6, 6.07) is 15.3. The summed E-state index contributed by atoms with van der Waals surface area (Å²) < 4.78 is 18.1. The molecule has 3 rings (SSSR count). The van der Waals surface area contributed by atoms with Crippen LogP contribution in [0.15, 0.2) is 54.7 Å². The van der Waals surface area contributed by atoms with Gasteiger partial charge >= 0.3 is 5.97 Å². The maximum absolute atomic E-state index is 13.1. The van der Waals surface area contributed by atoms with E-state index in [1.54, 1.807) is 27.2 Å². The van der Waals surface area contributed by atoms with E-state index >= 15 is 0 Å². The van der Waals surface area contributed by atoms with Gasteiger partial charge in [0.05, 0.1) is 26.5 Å². The molecule has 0 spiro atoms. The highest BCUT2D eigenvalue weighted by Gasteiger charge is 2.27. The summed E-state index contributed by atoms with van der Waals surface area (Å²) in [5.41, 5.74) is 3.20. The van der Waals surface area contributed by atoms with Gasteiger partial charge in [0.2, 0.25) is 5.91 Å². The minimum absolute atomic E-state index is 0.160. The monoisotopic (exact) mass is 464 g/mol. The van der Waals surface area contributed by atoms with Crippen LogP contribution in [0, 0.1) is 5.92 Å². The van der Waals surface area contributed by atoms with Crippen LogP contribution < -0.4 is 14.8 Å². The zero-order valence-electron chi connectivity index (χ0n) is 20.4. The van der Waals surface area contributed by atoms with Crippen molar-refractivity contribution in [2.45, 2.75) is 33.7 Å². The maximum atomic E-state index is 13.1. The molecule has 1 heterocycles. The number of rotatable bonds is 10. The van der Waals surface area contributed by atoms with Crippen LogP contribution in [0.4, 0.5) is 5.69 Å². The van der Waals surface area contributed by atoms with Gasteiger partial charge in [-0.1, -0.05) is 50.2 Å². The highest BCUT2D eigenvalue weighted by molar-refractivity contribution is 6.06. The molecule has 1 N–H and O–H groups in total. The van der Waals surface area contributed by atoms with Crippen LogP contribution in [0.25, 0.3) is 11.1 Å². The Kier molecular flexibility index (Phi) is 8.35.